The van der Waals surface area contributed by atoms with Crippen LogP contribution in [0.15, 0.2) is 48.8 Å². The van der Waals surface area contributed by atoms with Crippen LogP contribution in [0.3, 0.4) is 0 Å². The predicted molar refractivity (Wildman–Crippen MR) is 110 cm³/mol. The van der Waals surface area contributed by atoms with E-state index in [0.717, 1.165) is 11.5 Å². The van der Waals surface area contributed by atoms with Crippen molar-refractivity contribution < 1.29 is 19.0 Å². The molecule has 7 nitrogen and oxygen atoms in total. The molecular weight excluding hydrogens is 414 g/mol. The number of benzene rings is 1. The average molecular weight is 432 g/mol. The molecule has 0 bridgehead atoms. The summed E-state index contributed by atoms with van der Waals surface area (Å²) in [7, 11) is 1.62. The number of methoxy groups -OCH3 is 1. The number of nitrogens with zero attached hydrogens (tertiary/aromatic N) is 2. The molecule has 1 saturated carbocycles. The molecule has 0 atom stereocenters. The Bertz CT molecular complexity index is 972. The van der Waals surface area contributed by atoms with Crippen molar-refractivity contribution in [2.75, 3.05) is 12.4 Å². The summed E-state index contributed by atoms with van der Waals surface area (Å²) in [6.07, 6.45) is 4.42. The maximum absolute atomic E-state index is 12.4. The minimum absolute atomic E-state index is 0.0327. The topological polar surface area (TPSA) is 82.6 Å². The lowest BCUT2D eigenvalue weighted by Gasteiger charge is -2.34. The van der Waals surface area contributed by atoms with Crippen molar-refractivity contribution in [2.45, 2.75) is 18.9 Å². The number of hydrogen-bond donors (Lipinski definition) is 1. The van der Waals surface area contributed by atoms with Crippen LogP contribution in [-0.4, -0.2) is 29.1 Å². The third kappa shape index (κ3) is 4.96. The average Bonchev–Trinajstić information content (AvgIpc) is 3.13. The Kier molecular flexibility index (Phi) is 5.82. The van der Waals surface area contributed by atoms with Crippen molar-refractivity contribution in [1.82, 2.24) is 9.97 Å². The maximum Gasteiger partial charge on any atom is 0.229 e. The summed E-state index contributed by atoms with van der Waals surface area (Å²) in [6, 6.07) is 10.8. The third-order valence-corrected chi connectivity index (χ3v) is 5.46. The molecule has 29 heavy (non-hydrogen) atoms. The number of pyridine rings is 1. The number of thiazole rings is 1. The summed E-state index contributed by atoms with van der Waals surface area (Å²) in [5, 5.41) is 4.38. The van der Waals surface area contributed by atoms with E-state index < -0.39 is 0 Å². The van der Waals surface area contributed by atoms with Crippen molar-refractivity contribution >= 4 is 34.0 Å². The van der Waals surface area contributed by atoms with Gasteiger partial charge >= 0.3 is 0 Å². The van der Waals surface area contributed by atoms with E-state index in [-0.39, 0.29) is 17.9 Å². The molecule has 0 unspecified atom stereocenters. The van der Waals surface area contributed by atoms with Crippen molar-refractivity contribution in [2.24, 2.45) is 5.92 Å². The first-order valence-corrected chi connectivity index (χ1v) is 10.2. The highest BCUT2D eigenvalue weighted by molar-refractivity contribution is 7.17. The molecule has 1 aromatic carbocycles. The first kappa shape index (κ1) is 19.5. The third-order valence-electron chi connectivity index (χ3n) is 4.45. The Morgan fingerprint density at radius 3 is 2.55 bits per heavy atom. The standard InChI is InChI=1S/C20H18ClN3O4S/c1-26-14-3-5-15(6-4-14)27-16-8-12(9-16)19(25)24-20-23-11-18(29-20)28-17-7-2-13(21)10-22-17/h2-7,10-12,16H,8-9H2,1H3,(H,23,24,25). The van der Waals surface area contributed by atoms with E-state index in [2.05, 4.69) is 15.3 Å². The van der Waals surface area contributed by atoms with Crippen LogP contribution in [0, 0.1) is 5.92 Å². The Labute approximate surface area is 176 Å². The summed E-state index contributed by atoms with van der Waals surface area (Å²) in [5.74, 6) is 1.80. The Hall–Kier alpha value is -2.84. The van der Waals surface area contributed by atoms with Crippen LogP contribution in [0.25, 0.3) is 0 Å². The van der Waals surface area contributed by atoms with Crippen molar-refractivity contribution in [3.8, 4) is 22.4 Å². The second kappa shape index (κ2) is 8.67. The van der Waals surface area contributed by atoms with E-state index in [4.69, 9.17) is 25.8 Å². The number of hydrogen-bond acceptors (Lipinski definition) is 7. The van der Waals surface area contributed by atoms with E-state index >= 15 is 0 Å². The fourth-order valence-corrected chi connectivity index (χ4v) is 3.61. The van der Waals surface area contributed by atoms with Gasteiger partial charge in [0.05, 0.1) is 18.3 Å². The van der Waals surface area contributed by atoms with E-state index in [1.807, 2.05) is 24.3 Å². The molecule has 1 N–H and O–H groups in total. The molecule has 9 heteroatoms. The number of nitrogens with one attached hydrogen (secondary N) is 1. The van der Waals surface area contributed by atoms with Gasteiger partial charge in [-0.3, -0.25) is 4.79 Å². The first-order chi connectivity index (χ1) is 14.1. The van der Waals surface area contributed by atoms with Gasteiger partial charge in [0.25, 0.3) is 0 Å². The van der Waals surface area contributed by atoms with Crippen LogP contribution < -0.4 is 19.5 Å². The summed E-state index contributed by atoms with van der Waals surface area (Å²) < 4.78 is 16.6. The fourth-order valence-electron chi connectivity index (χ4n) is 2.82. The molecule has 2 aromatic heterocycles. The molecule has 1 fully saturated rings. The van der Waals surface area contributed by atoms with Crippen LogP contribution in [0.4, 0.5) is 5.13 Å². The van der Waals surface area contributed by atoms with Gasteiger partial charge in [-0.25, -0.2) is 9.97 Å². The molecule has 0 radical (unpaired) electrons. The molecule has 1 aliphatic carbocycles. The molecular formula is C20H18ClN3O4S. The fraction of sp³-hybridized carbons (Fsp3) is 0.250. The van der Waals surface area contributed by atoms with Gasteiger partial charge in [-0.2, -0.15) is 0 Å². The number of halogens is 1. The largest absolute Gasteiger partial charge is 0.497 e. The molecule has 2 heterocycles. The SMILES string of the molecule is COc1ccc(OC2CC(C(=O)Nc3ncc(Oc4ccc(Cl)cn4)s3)C2)cc1. The second-order valence-corrected chi connectivity index (χ2v) is 7.90. The zero-order chi connectivity index (χ0) is 20.2. The predicted octanol–water partition coefficient (Wildman–Crippen LogP) is 4.79. The summed E-state index contributed by atoms with van der Waals surface area (Å²) >= 11 is 7.04. The summed E-state index contributed by atoms with van der Waals surface area (Å²) in [4.78, 5) is 20.6. The smallest absolute Gasteiger partial charge is 0.229 e. The van der Waals surface area contributed by atoms with E-state index in [1.54, 1.807) is 25.4 Å². The lowest BCUT2D eigenvalue weighted by molar-refractivity contribution is -0.125. The van der Waals surface area contributed by atoms with Crippen molar-refractivity contribution in [3.63, 3.8) is 0 Å². The highest BCUT2D eigenvalue weighted by Crippen LogP contribution is 2.34. The molecule has 4 rings (SSSR count). The van der Waals surface area contributed by atoms with E-state index in [9.17, 15) is 4.79 Å². The van der Waals surface area contributed by atoms with Crippen LogP contribution in [-0.2, 0) is 4.79 Å². The van der Waals surface area contributed by atoms with Crippen molar-refractivity contribution in [1.29, 1.82) is 0 Å². The molecule has 0 spiro atoms. The quantitative estimate of drug-likeness (QED) is 0.579. The van der Waals surface area contributed by atoms with Gasteiger partial charge in [0.2, 0.25) is 16.9 Å². The Balaban J connectivity index is 1.24. The molecule has 1 amide bonds. The van der Waals surface area contributed by atoms with Gasteiger partial charge in [-0.1, -0.05) is 22.9 Å². The highest BCUT2D eigenvalue weighted by Gasteiger charge is 2.36. The summed E-state index contributed by atoms with van der Waals surface area (Å²) in [6.45, 7) is 0. The van der Waals surface area contributed by atoms with Gasteiger partial charge in [0.15, 0.2) is 5.13 Å². The molecule has 1 aliphatic rings. The van der Waals surface area contributed by atoms with Crippen LogP contribution in [0.2, 0.25) is 5.02 Å². The van der Waals surface area contributed by atoms with Crippen LogP contribution in [0.1, 0.15) is 12.8 Å². The first-order valence-electron chi connectivity index (χ1n) is 8.96. The summed E-state index contributed by atoms with van der Waals surface area (Å²) in [5.41, 5.74) is 0. The Morgan fingerprint density at radius 2 is 1.86 bits per heavy atom. The number of carbonyl (C=O) groups is 1. The number of ether oxygens (including phenoxy) is 3. The second-order valence-electron chi connectivity index (χ2n) is 6.47. The number of aromatic nitrogens is 2. The van der Waals surface area contributed by atoms with Gasteiger partial charge in [-0.15, -0.1) is 0 Å². The minimum atomic E-state index is -0.0931. The molecule has 0 aliphatic heterocycles. The number of carbonyl (C=O) groups excluding carboxylic acids is 1. The monoisotopic (exact) mass is 431 g/mol. The van der Waals surface area contributed by atoms with Crippen LogP contribution >= 0.6 is 22.9 Å². The van der Waals surface area contributed by atoms with E-state index in [0.29, 0.717) is 33.9 Å². The minimum Gasteiger partial charge on any atom is -0.497 e. The van der Waals surface area contributed by atoms with Crippen molar-refractivity contribution in [3.05, 3.63) is 53.8 Å². The van der Waals surface area contributed by atoms with Gasteiger partial charge in [0, 0.05) is 18.2 Å². The van der Waals surface area contributed by atoms with E-state index in [1.165, 1.54) is 17.5 Å². The van der Waals surface area contributed by atoms with Gasteiger partial charge in [-0.05, 0) is 43.2 Å². The zero-order valence-electron chi connectivity index (χ0n) is 15.5. The molecule has 0 saturated heterocycles. The zero-order valence-corrected chi connectivity index (χ0v) is 17.1. The molecule has 3 aromatic rings. The van der Waals surface area contributed by atoms with Crippen LogP contribution in [0.5, 0.6) is 22.4 Å². The number of amides is 1. The lowest BCUT2D eigenvalue weighted by atomic mass is 9.81. The number of anilines is 1. The molecule has 150 valence electrons. The number of rotatable bonds is 7. The Morgan fingerprint density at radius 1 is 1.10 bits per heavy atom. The van der Waals surface area contributed by atoms with Gasteiger partial charge < -0.3 is 19.5 Å². The van der Waals surface area contributed by atoms with Gasteiger partial charge in [0.1, 0.15) is 17.6 Å². The lowest BCUT2D eigenvalue weighted by Crippen LogP contribution is -2.40. The highest BCUT2D eigenvalue weighted by atomic mass is 35.5. The maximum atomic E-state index is 12.4. The normalized spacial score (nSPS) is 17.9.